The lowest BCUT2D eigenvalue weighted by molar-refractivity contribution is 0.417. The van der Waals surface area contributed by atoms with Crippen LogP contribution in [0.5, 0.6) is 0 Å². The van der Waals surface area contributed by atoms with E-state index in [0.717, 1.165) is 23.4 Å². The topological polar surface area (TPSA) is 20.3 Å². The first kappa shape index (κ1) is 15.2. The predicted octanol–water partition coefficient (Wildman–Crippen LogP) is 3.69. The number of hydrogen-bond donors (Lipinski definition) is 0. The van der Waals surface area contributed by atoms with Gasteiger partial charge >= 0.3 is 0 Å². The van der Waals surface area contributed by atoms with Gasteiger partial charge in [0, 0.05) is 11.4 Å². The molecule has 0 bridgehead atoms. The zero-order chi connectivity index (χ0) is 15.5. The van der Waals surface area contributed by atoms with Crippen molar-refractivity contribution < 1.29 is 4.21 Å². The van der Waals surface area contributed by atoms with E-state index in [1.54, 1.807) is 0 Å². The Bertz CT molecular complexity index is 734. The van der Waals surface area contributed by atoms with Gasteiger partial charge < -0.3 is 4.90 Å². The minimum atomic E-state index is -0.980. The third-order valence-corrected chi connectivity index (χ3v) is 5.36. The number of benzene rings is 2. The maximum atomic E-state index is 12.7. The molecule has 1 aliphatic heterocycles. The predicted molar refractivity (Wildman–Crippen MR) is 93.2 cm³/mol. The van der Waals surface area contributed by atoms with Crippen LogP contribution in [0.25, 0.3) is 5.57 Å². The monoisotopic (exact) mass is 311 g/mol. The van der Waals surface area contributed by atoms with Gasteiger partial charge in [0.05, 0.1) is 16.6 Å². The summed E-state index contributed by atoms with van der Waals surface area (Å²) in [5.74, 6) is 0.595. The van der Waals surface area contributed by atoms with Gasteiger partial charge in [0.1, 0.15) is 0 Å². The molecular formula is C19H21NOS. The zero-order valence-corrected chi connectivity index (χ0v) is 13.9. The maximum absolute atomic E-state index is 12.7. The number of rotatable bonds is 3. The fourth-order valence-corrected chi connectivity index (χ4v) is 4.19. The van der Waals surface area contributed by atoms with E-state index in [1.807, 2.05) is 24.3 Å². The third-order valence-electron chi connectivity index (χ3n) is 3.94. The smallest absolute Gasteiger partial charge is 0.0580 e. The SMILES string of the molecule is CN(C)CC/C=C1\c2ccccc2CS(=O)c2ccccc21. The van der Waals surface area contributed by atoms with E-state index in [9.17, 15) is 4.21 Å². The first-order valence-corrected chi connectivity index (χ1v) is 8.89. The molecule has 2 aromatic carbocycles. The van der Waals surface area contributed by atoms with Crippen molar-refractivity contribution in [1.29, 1.82) is 0 Å². The first-order chi connectivity index (χ1) is 10.7. The zero-order valence-electron chi connectivity index (χ0n) is 13.1. The van der Waals surface area contributed by atoms with Crippen molar-refractivity contribution in [3.8, 4) is 0 Å². The van der Waals surface area contributed by atoms with E-state index >= 15 is 0 Å². The maximum Gasteiger partial charge on any atom is 0.0580 e. The van der Waals surface area contributed by atoms with Gasteiger partial charge in [-0.2, -0.15) is 0 Å². The molecule has 0 aromatic heterocycles. The summed E-state index contributed by atoms with van der Waals surface area (Å²) in [7, 11) is 3.19. The van der Waals surface area contributed by atoms with Gasteiger partial charge in [0.25, 0.3) is 0 Å². The van der Waals surface area contributed by atoms with Crippen LogP contribution in [0.2, 0.25) is 0 Å². The van der Waals surface area contributed by atoms with E-state index in [2.05, 4.69) is 49.3 Å². The minimum Gasteiger partial charge on any atom is -0.309 e. The summed E-state index contributed by atoms with van der Waals surface area (Å²) in [6, 6.07) is 16.4. The van der Waals surface area contributed by atoms with Crippen LogP contribution >= 0.6 is 0 Å². The quantitative estimate of drug-likeness (QED) is 0.861. The van der Waals surface area contributed by atoms with Crippen LogP contribution in [0.1, 0.15) is 23.1 Å². The Balaban J connectivity index is 2.14. The third kappa shape index (κ3) is 3.06. The largest absolute Gasteiger partial charge is 0.309 e. The molecule has 2 aromatic rings. The van der Waals surface area contributed by atoms with Crippen LogP contribution < -0.4 is 0 Å². The van der Waals surface area contributed by atoms with Crippen molar-refractivity contribution in [2.45, 2.75) is 17.1 Å². The molecule has 1 unspecified atom stereocenters. The Morgan fingerprint density at radius 3 is 2.50 bits per heavy atom. The summed E-state index contributed by atoms with van der Waals surface area (Å²) >= 11 is 0. The lowest BCUT2D eigenvalue weighted by Crippen LogP contribution is -2.12. The molecule has 0 amide bonds. The van der Waals surface area contributed by atoms with Gasteiger partial charge in [-0.3, -0.25) is 4.21 Å². The summed E-state index contributed by atoms with van der Waals surface area (Å²) in [5, 5.41) is 0. The minimum absolute atomic E-state index is 0.595. The average molecular weight is 311 g/mol. The normalized spacial score (nSPS) is 18.9. The highest BCUT2D eigenvalue weighted by Gasteiger charge is 2.21. The summed E-state index contributed by atoms with van der Waals surface area (Å²) < 4.78 is 12.7. The Kier molecular flexibility index (Phi) is 4.55. The standard InChI is InChI=1S/C19H21NOS/c1-20(2)13-7-11-17-16-9-4-3-8-15(16)14-22(21)19-12-6-5-10-18(17)19/h3-6,8-12H,7,13-14H2,1-2H3/b17-11+. The van der Waals surface area contributed by atoms with Gasteiger partial charge in [0.15, 0.2) is 0 Å². The fraction of sp³-hybridized carbons (Fsp3) is 0.263. The van der Waals surface area contributed by atoms with Crippen LogP contribution in [0.4, 0.5) is 0 Å². The highest BCUT2D eigenvalue weighted by Crippen LogP contribution is 2.35. The van der Waals surface area contributed by atoms with Gasteiger partial charge in [-0.25, -0.2) is 0 Å². The first-order valence-electron chi connectivity index (χ1n) is 7.58. The summed E-state index contributed by atoms with van der Waals surface area (Å²) in [5.41, 5.74) is 4.73. The van der Waals surface area contributed by atoms with E-state index in [1.165, 1.54) is 16.7 Å². The second-order valence-electron chi connectivity index (χ2n) is 5.85. The van der Waals surface area contributed by atoms with Crippen molar-refractivity contribution in [2.24, 2.45) is 0 Å². The molecule has 22 heavy (non-hydrogen) atoms. The Morgan fingerprint density at radius 2 is 1.73 bits per heavy atom. The van der Waals surface area contributed by atoms with Crippen molar-refractivity contribution in [3.05, 3.63) is 71.3 Å². The van der Waals surface area contributed by atoms with Crippen molar-refractivity contribution >= 4 is 16.4 Å². The molecule has 2 nitrogen and oxygen atoms in total. The lowest BCUT2D eigenvalue weighted by atomic mass is 9.93. The Morgan fingerprint density at radius 1 is 1.05 bits per heavy atom. The Labute approximate surface area is 134 Å². The van der Waals surface area contributed by atoms with Crippen LogP contribution in [-0.2, 0) is 16.6 Å². The fourth-order valence-electron chi connectivity index (χ4n) is 2.85. The van der Waals surface area contributed by atoms with E-state index < -0.39 is 10.8 Å². The van der Waals surface area contributed by atoms with Crippen LogP contribution in [-0.4, -0.2) is 29.7 Å². The van der Waals surface area contributed by atoms with Crippen molar-refractivity contribution in [3.63, 3.8) is 0 Å². The molecule has 0 aliphatic carbocycles. The number of nitrogens with zero attached hydrogens (tertiary/aromatic N) is 1. The second-order valence-corrected chi connectivity index (χ2v) is 7.27. The molecule has 0 N–H and O–H groups in total. The molecular weight excluding hydrogens is 290 g/mol. The number of fused-ring (bicyclic) bond motifs is 2. The van der Waals surface area contributed by atoms with Crippen LogP contribution in [0, 0.1) is 0 Å². The van der Waals surface area contributed by atoms with Gasteiger partial charge in [-0.1, -0.05) is 48.5 Å². The molecule has 1 atom stereocenters. The second kappa shape index (κ2) is 6.59. The van der Waals surface area contributed by atoms with Crippen LogP contribution in [0.3, 0.4) is 0 Å². The average Bonchev–Trinajstić information content (AvgIpc) is 2.63. The van der Waals surface area contributed by atoms with Gasteiger partial charge in [0.2, 0.25) is 0 Å². The molecule has 0 fully saturated rings. The van der Waals surface area contributed by atoms with E-state index in [0.29, 0.717) is 5.75 Å². The molecule has 1 heterocycles. The Hall–Kier alpha value is -1.71. The summed E-state index contributed by atoms with van der Waals surface area (Å²) in [6.45, 7) is 1.01. The lowest BCUT2D eigenvalue weighted by Gasteiger charge is -2.12. The van der Waals surface area contributed by atoms with Crippen molar-refractivity contribution in [1.82, 2.24) is 4.90 Å². The summed E-state index contributed by atoms with van der Waals surface area (Å²) in [4.78, 5) is 3.14. The molecule has 114 valence electrons. The highest BCUT2D eigenvalue weighted by atomic mass is 32.2. The molecule has 3 heteroatoms. The molecule has 0 saturated heterocycles. The number of hydrogen-bond acceptors (Lipinski definition) is 2. The van der Waals surface area contributed by atoms with E-state index in [4.69, 9.17) is 0 Å². The molecule has 0 radical (unpaired) electrons. The molecule has 1 aliphatic rings. The molecule has 0 saturated carbocycles. The molecule has 3 rings (SSSR count). The highest BCUT2D eigenvalue weighted by molar-refractivity contribution is 7.84. The summed E-state index contributed by atoms with van der Waals surface area (Å²) in [6.07, 6.45) is 3.28. The van der Waals surface area contributed by atoms with Crippen molar-refractivity contribution in [2.75, 3.05) is 20.6 Å². The van der Waals surface area contributed by atoms with E-state index in [-0.39, 0.29) is 0 Å². The molecule has 0 spiro atoms. The van der Waals surface area contributed by atoms with Gasteiger partial charge in [-0.15, -0.1) is 0 Å². The van der Waals surface area contributed by atoms with Gasteiger partial charge in [-0.05, 0) is 48.8 Å². The van der Waals surface area contributed by atoms with Crippen LogP contribution in [0.15, 0.2) is 59.5 Å².